The number of piperazine rings is 1. The van der Waals surface area contributed by atoms with Gasteiger partial charge in [-0.25, -0.2) is 8.78 Å². The monoisotopic (exact) mass is 268 g/mol. The van der Waals surface area contributed by atoms with Crippen LogP contribution in [0.15, 0.2) is 12.1 Å². The molecule has 0 aliphatic carbocycles. The fraction of sp³-hybridized carbons (Fsp3) is 0.385. The highest BCUT2D eigenvalue weighted by Gasteiger charge is 2.32. The molecule has 0 radical (unpaired) electrons. The lowest BCUT2D eigenvalue weighted by molar-refractivity contribution is -0.127. The number of carbonyl (C=O) groups excluding carboxylic acids is 2. The number of hydrogen-bond acceptors (Lipinski definition) is 2. The van der Waals surface area contributed by atoms with Crippen LogP contribution in [0.1, 0.15) is 22.8 Å². The number of hydrogen-bond donors (Lipinski definition) is 1. The molecule has 1 fully saturated rings. The maximum Gasteiger partial charge on any atom is 0.260 e. The highest BCUT2D eigenvalue weighted by Crippen LogP contribution is 2.20. The lowest BCUT2D eigenvalue weighted by atomic mass is 10.1. The van der Waals surface area contributed by atoms with Gasteiger partial charge in [0.2, 0.25) is 5.91 Å². The van der Waals surface area contributed by atoms with Gasteiger partial charge in [-0.05, 0) is 25.5 Å². The smallest absolute Gasteiger partial charge is 0.260 e. The molecule has 1 aromatic rings. The average molecular weight is 268 g/mol. The topological polar surface area (TPSA) is 49.4 Å². The molecule has 19 heavy (non-hydrogen) atoms. The molecule has 1 saturated heterocycles. The SMILES string of the molecule is Cc1ccc(F)c(C(=O)N2CCNC(=O)C2C)c1F. The summed E-state index contributed by atoms with van der Waals surface area (Å²) in [6.07, 6.45) is 0. The van der Waals surface area contributed by atoms with E-state index in [1.807, 2.05) is 0 Å². The van der Waals surface area contributed by atoms with Crippen LogP contribution in [0.2, 0.25) is 0 Å². The first-order valence-electron chi connectivity index (χ1n) is 5.96. The van der Waals surface area contributed by atoms with Crippen LogP contribution in [0.5, 0.6) is 0 Å². The van der Waals surface area contributed by atoms with Crippen LogP contribution in [0, 0.1) is 18.6 Å². The van der Waals surface area contributed by atoms with E-state index in [9.17, 15) is 18.4 Å². The summed E-state index contributed by atoms with van der Waals surface area (Å²) >= 11 is 0. The molecule has 1 aliphatic heterocycles. The van der Waals surface area contributed by atoms with Gasteiger partial charge in [0.25, 0.3) is 5.91 Å². The zero-order valence-corrected chi connectivity index (χ0v) is 10.7. The Labute approximate surface area is 109 Å². The van der Waals surface area contributed by atoms with E-state index in [1.54, 1.807) is 0 Å². The molecule has 102 valence electrons. The summed E-state index contributed by atoms with van der Waals surface area (Å²) in [6.45, 7) is 3.50. The van der Waals surface area contributed by atoms with E-state index >= 15 is 0 Å². The van der Waals surface area contributed by atoms with Gasteiger partial charge in [0.05, 0.1) is 0 Å². The lowest BCUT2D eigenvalue weighted by Crippen LogP contribution is -2.56. The summed E-state index contributed by atoms with van der Waals surface area (Å²) in [4.78, 5) is 24.9. The maximum absolute atomic E-state index is 13.9. The number of nitrogens with one attached hydrogen (secondary N) is 1. The molecule has 1 aliphatic rings. The molecule has 2 amide bonds. The third kappa shape index (κ3) is 2.30. The van der Waals surface area contributed by atoms with Gasteiger partial charge in [0, 0.05) is 13.1 Å². The van der Waals surface area contributed by atoms with Gasteiger partial charge in [0.15, 0.2) is 0 Å². The molecular formula is C13H14F2N2O2. The normalized spacial score (nSPS) is 19.3. The maximum atomic E-state index is 13.9. The van der Waals surface area contributed by atoms with Crippen molar-refractivity contribution in [3.63, 3.8) is 0 Å². The molecule has 1 aromatic carbocycles. The van der Waals surface area contributed by atoms with Gasteiger partial charge in [-0.3, -0.25) is 9.59 Å². The van der Waals surface area contributed by atoms with E-state index in [1.165, 1.54) is 24.8 Å². The highest BCUT2D eigenvalue weighted by molar-refractivity contribution is 5.98. The van der Waals surface area contributed by atoms with Gasteiger partial charge < -0.3 is 10.2 Å². The van der Waals surface area contributed by atoms with Crippen LogP contribution in [0.25, 0.3) is 0 Å². The van der Waals surface area contributed by atoms with E-state index in [-0.39, 0.29) is 24.6 Å². The number of rotatable bonds is 1. The van der Waals surface area contributed by atoms with Gasteiger partial charge >= 0.3 is 0 Å². The minimum absolute atomic E-state index is 0.193. The number of halogens is 2. The summed E-state index contributed by atoms with van der Waals surface area (Å²) in [5.41, 5.74) is -0.402. The molecule has 0 spiro atoms. The van der Waals surface area contributed by atoms with Crippen LogP contribution in [-0.4, -0.2) is 35.8 Å². The molecule has 2 rings (SSSR count). The Morgan fingerprint density at radius 1 is 1.42 bits per heavy atom. The van der Waals surface area contributed by atoms with Crippen molar-refractivity contribution < 1.29 is 18.4 Å². The Bertz CT molecular complexity index is 546. The number of nitrogens with zero attached hydrogens (tertiary/aromatic N) is 1. The minimum atomic E-state index is -0.911. The standard InChI is InChI=1S/C13H14F2N2O2/c1-7-3-4-9(14)10(11(7)15)13(19)17-6-5-16-12(18)8(17)2/h3-4,8H,5-6H2,1-2H3,(H,16,18). The molecule has 0 aromatic heterocycles. The molecule has 1 N–H and O–H groups in total. The number of benzene rings is 1. The number of amides is 2. The quantitative estimate of drug-likeness (QED) is 0.833. The van der Waals surface area contributed by atoms with Gasteiger partial charge in [-0.15, -0.1) is 0 Å². The Balaban J connectivity index is 2.39. The fourth-order valence-corrected chi connectivity index (χ4v) is 2.06. The first-order chi connectivity index (χ1) is 8.93. The summed E-state index contributed by atoms with van der Waals surface area (Å²) < 4.78 is 27.6. The van der Waals surface area contributed by atoms with Crippen molar-refractivity contribution in [3.8, 4) is 0 Å². The summed E-state index contributed by atoms with van der Waals surface area (Å²) in [5, 5.41) is 2.59. The van der Waals surface area contributed by atoms with Gasteiger partial charge in [-0.1, -0.05) is 6.07 Å². The summed E-state index contributed by atoms with van der Waals surface area (Å²) in [5.74, 6) is -2.90. The minimum Gasteiger partial charge on any atom is -0.353 e. The number of aryl methyl sites for hydroxylation is 1. The molecular weight excluding hydrogens is 254 g/mol. The Morgan fingerprint density at radius 3 is 2.79 bits per heavy atom. The van der Waals surface area contributed by atoms with Crippen LogP contribution in [-0.2, 0) is 4.79 Å². The van der Waals surface area contributed by atoms with Crippen molar-refractivity contribution in [2.75, 3.05) is 13.1 Å². The van der Waals surface area contributed by atoms with Crippen molar-refractivity contribution in [2.45, 2.75) is 19.9 Å². The largest absolute Gasteiger partial charge is 0.353 e. The van der Waals surface area contributed by atoms with Crippen LogP contribution >= 0.6 is 0 Å². The van der Waals surface area contributed by atoms with Crippen molar-refractivity contribution in [2.24, 2.45) is 0 Å². The molecule has 1 unspecified atom stereocenters. The van der Waals surface area contributed by atoms with Gasteiger partial charge in [0.1, 0.15) is 23.2 Å². The molecule has 1 atom stereocenters. The zero-order chi connectivity index (χ0) is 14.2. The lowest BCUT2D eigenvalue weighted by Gasteiger charge is -2.33. The van der Waals surface area contributed by atoms with E-state index in [0.29, 0.717) is 0 Å². The molecule has 0 bridgehead atoms. The predicted molar refractivity (Wildman–Crippen MR) is 64.6 cm³/mol. The van der Waals surface area contributed by atoms with Crippen molar-refractivity contribution >= 4 is 11.8 Å². The van der Waals surface area contributed by atoms with E-state index in [2.05, 4.69) is 5.32 Å². The van der Waals surface area contributed by atoms with E-state index < -0.39 is 29.1 Å². The first kappa shape index (κ1) is 13.5. The second-order valence-corrected chi connectivity index (χ2v) is 4.52. The van der Waals surface area contributed by atoms with Crippen LogP contribution in [0.3, 0.4) is 0 Å². The molecule has 1 heterocycles. The average Bonchev–Trinajstić information content (AvgIpc) is 2.37. The molecule has 4 nitrogen and oxygen atoms in total. The predicted octanol–water partition coefficient (Wildman–Crippen LogP) is 1.23. The highest BCUT2D eigenvalue weighted by atomic mass is 19.1. The second kappa shape index (κ2) is 4.95. The Morgan fingerprint density at radius 2 is 2.11 bits per heavy atom. The Hall–Kier alpha value is -1.98. The van der Waals surface area contributed by atoms with Crippen molar-refractivity contribution in [3.05, 3.63) is 34.9 Å². The third-order valence-corrected chi connectivity index (χ3v) is 3.26. The van der Waals surface area contributed by atoms with Crippen LogP contribution in [0.4, 0.5) is 8.78 Å². The second-order valence-electron chi connectivity index (χ2n) is 4.52. The van der Waals surface area contributed by atoms with E-state index in [4.69, 9.17) is 0 Å². The van der Waals surface area contributed by atoms with Gasteiger partial charge in [-0.2, -0.15) is 0 Å². The van der Waals surface area contributed by atoms with E-state index in [0.717, 1.165) is 6.07 Å². The van der Waals surface area contributed by atoms with Crippen LogP contribution < -0.4 is 5.32 Å². The molecule has 0 saturated carbocycles. The third-order valence-electron chi connectivity index (χ3n) is 3.26. The van der Waals surface area contributed by atoms with Crippen molar-refractivity contribution in [1.82, 2.24) is 10.2 Å². The first-order valence-corrected chi connectivity index (χ1v) is 5.96. The zero-order valence-electron chi connectivity index (χ0n) is 10.7. The summed E-state index contributed by atoms with van der Waals surface area (Å²) in [6, 6.07) is 1.59. The van der Waals surface area contributed by atoms with Crippen molar-refractivity contribution in [1.29, 1.82) is 0 Å². The number of carbonyl (C=O) groups is 2. The summed E-state index contributed by atoms with van der Waals surface area (Å²) in [7, 11) is 0. The Kier molecular flexibility index (Phi) is 3.50. The molecule has 6 heteroatoms. The fourth-order valence-electron chi connectivity index (χ4n) is 2.06.